The van der Waals surface area contributed by atoms with E-state index >= 15 is 0 Å². The molecule has 1 aromatic rings. The number of hydrogen-bond acceptors (Lipinski definition) is 4. The molecule has 0 bridgehead atoms. The molecule has 16 heavy (non-hydrogen) atoms. The first-order valence-corrected chi connectivity index (χ1v) is 5.60. The molecule has 86 valence electrons. The predicted molar refractivity (Wildman–Crippen MR) is 61.3 cm³/mol. The topological polar surface area (TPSA) is 68.1 Å². The van der Waals surface area contributed by atoms with Crippen molar-refractivity contribution in [3.8, 4) is 0 Å². The third-order valence-electron chi connectivity index (χ3n) is 3.05. The lowest BCUT2D eigenvalue weighted by atomic mass is 9.83. The summed E-state index contributed by atoms with van der Waals surface area (Å²) >= 11 is 0. The fourth-order valence-electron chi connectivity index (χ4n) is 1.87. The molecule has 2 rings (SSSR count). The molecule has 0 atom stereocenters. The van der Waals surface area contributed by atoms with Crippen LogP contribution in [0.4, 0.5) is 11.5 Å². The number of nitrogens with zero attached hydrogens (tertiary/aromatic N) is 2. The molecule has 1 aliphatic carbocycles. The van der Waals surface area contributed by atoms with Crippen LogP contribution >= 0.6 is 0 Å². The van der Waals surface area contributed by atoms with Crippen molar-refractivity contribution in [3.05, 3.63) is 28.4 Å². The van der Waals surface area contributed by atoms with Crippen LogP contribution in [0.3, 0.4) is 0 Å². The SMILES string of the molecule is O=[N+]([O-])c1ncccc1NCCC1CCC1. The Morgan fingerprint density at radius 1 is 1.56 bits per heavy atom. The Balaban J connectivity index is 1.89. The molecule has 0 spiro atoms. The molecule has 0 aliphatic heterocycles. The van der Waals surface area contributed by atoms with E-state index in [1.165, 1.54) is 25.5 Å². The maximum atomic E-state index is 10.7. The van der Waals surface area contributed by atoms with Gasteiger partial charge in [-0.25, -0.2) is 0 Å². The van der Waals surface area contributed by atoms with E-state index in [4.69, 9.17) is 0 Å². The normalized spacial score (nSPS) is 15.5. The van der Waals surface area contributed by atoms with Crippen LogP contribution in [0.25, 0.3) is 0 Å². The molecule has 0 unspecified atom stereocenters. The average Bonchev–Trinajstić information content (AvgIpc) is 2.22. The smallest absolute Gasteiger partial charge is 0.378 e. The van der Waals surface area contributed by atoms with Gasteiger partial charge in [-0.15, -0.1) is 0 Å². The quantitative estimate of drug-likeness (QED) is 0.613. The molecule has 1 aromatic heterocycles. The Hall–Kier alpha value is -1.65. The number of hydrogen-bond donors (Lipinski definition) is 1. The molecule has 1 fully saturated rings. The van der Waals surface area contributed by atoms with Crippen molar-refractivity contribution in [3.63, 3.8) is 0 Å². The van der Waals surface area contributed by atoms with Crippen molar-refractivity contribution in [2.45, 2.75) is 25.7 Å². The van der Waals surface area contributed by atoms with Gasteiger partial charge in [0.25, 0.3) is 0 Å². The third kappa shape index (κ3) is 2.48. The van der Waals surface area contributed by atoms with Crippen molar-refractivity contribution >= 4 is 11.5 Å². The van der Waals surface area contributed by atoms with Gasteiger partial charge in [-0.1, -0.05) is 19.3 Å². The van der Waals surface area contributed by atoms with Gasteiger partial charge in [0.2, 0.25) is 0 Å². The molecule has 5 nitrogen and oxygen atoms in total. The van der Waals surface area contributed by atoms with Gasteiger partial charge in [-0.05, 0) is 34.4 Å². The van der Waals surface area contributed by atoms with Crippen LogP contribution in [0.15, 0.2) is 18.3 Å². The summed E-state index contributed by atoms with van der Waals surface area (Å²) in [5, 5.41) is 13.8. The van der Waals surface area contributed by atoms with E-state index in [0.717, 1.165) is 18.9 Å². The molecule has 0 amide bonds. The highest BCUT2D eigenvalue weighted by Crippen LogP contribution is 2.29. The fraction of sp³-hybridized carbons (Fsp3) is 0.545. The van der Waals surface area contributed by atoms with Gasteiger partial charge in [-0.3, -0.25) is 0 Å². The molecule has 1 saturated carbocycles. The van der Waals surface area contributed by atoms with Gasteiger partial charge < -0.3 is 15.4 Å². The maximum Gasteiger partial charge on any atom is 0.386 e. The van der Waals surface area contributed by atoms with Gasteiger partial charge in [0.1, 0.15) is 11.9 Å². The number of nitrogens with one attached hydrogen (secondary N) is 1. The second kappa shape index (κ2) is 4.92. The highest BCUT2D eigenvalue weighted by atomic mass is 16.6. The van der Waals surface area contributed by atoms with E-state index in [0.29, 0.717) is 5.69 Å². The van der Waals surface area contributed by atoms with Crippen LogP contribution in [0.5, 0.6) is 0 Å². The van der Waals surface area contributed by atoms with Gasteiger partial charge in [0.15, 0.2) is 0 Å². The molecule has 1 heterocycles. The van der Waals surface area contributed by atoms with Crippen molar-refractivity contribution in [2.75, 3.05) is 11.9 Å². The summed E-state index contributed by atoms with van der Waals surface area (Å²) in [6.45, 7) is 0.789. The summed E-state index contributed by atoms with van der Waals surface area (Å²) in [7, 11) is 0. The lowest BCUT2D eigenvalue weighted by Crippen LogP contribution is -2.16. The minimum atomic E-state index is -0.453. The van der Waals surface area contributed by atoms with Gasteiger partial charge in [0, 0.05) is 6.54 Å². The number of anilines is 1. The first kappa shape index (κ1) is 10.9. The Morgan fingerprint density at radius 3 is 3.00 bits per heavy atom. The summed E-state index contributed by atoms with van der Waals surface area (Å²) in [4.78, 5) is 14.0. The average molecular weight is 221 g/mol. The number of aromatic nitrogens is 1. The van der Waals surface area contributed by atoms with E-state index in [2.05, 4.69) is 10.3 Å². The van der Waals surface area contributed by atoms with Gasteiger partial charge >= 0.3 is 5.82 Å². The van der Waals surface area contributed by atoms with Crippen molar-refractivity contribution < 1.29 is 4.92 Å². The number of nitro groups is 1. The van der Waals surface area contributed by atoms with Crippen LogP contribution in [-0.2, 0) is 0 Å². The molecule has 1 N–H and O–H groups in total. The zero-order valence-electron chi connectivity index (χ0n) is 9.06. The summed E-state index contributed by atoms with van der Waals surface area (Å²) in [6, 6.07) is 3.41. The Bertz CT molecular complexity index is 377. The molecule has 0 radical (unpaired) electrons. The Kier molecular flexibility index (Phi) is 3.34. The second-order valence-corrected chi connectivity index (χ2v) is 4.14. The first-order chi connectivity index (χ1) is 7.77. The van der Waals surface area contributed by atoms with E-state index < -0.39 is 4.92 Å². The monoisotopic (exact) mass is 221 g/mol. The van der Waals surface area contributed by atoms with E-state index in [1.54, 1.807) is 12.1 Å². The van der Waals surface area contributed by atoms with Gasteiger partial charge in [0.05, 0.1) is 0 Å². The van der Waals surface area contributed by atoms with Crippen molar-refractivity contribution in [2.24, 2.45) is 5.92 Å². The largest absolute Gasteiger partial charge is 0.386 e. The van der Waals surface area contributed by atoms with E-state index in [1.807, 2.05) is 0 Å². The fourth-order valence-corrected chi connectivity index (χ4v) is 1.87. The Labute approximate surface area is 94.0 Å². The van der Waals surface area contributed by atoms with Gasteiger partial charge in [-0.2, -0.15) is 0 Å². The number of pyridine rings is 1. The Morgan fingerprint density at radius 2 is 2.38 bits per heavy atom. The molecule has 0 saturated heterocycles. The number of rotatable bonds is 5. The summed E-state index contributed by atoms with van der Waals surface area (Å²) in [5.74, 6) is 0.722. The third-order valence-corrected chi connectivity index (χ3v) is 3.05. The maximum absolute atomic E-state index is 10.7. The summed E-state index contributed by atoms with van der Waals surface area (Å²) < 4.78 is 0. The van der Waals surface area contributed by atoms with Crippen LogP contribution < -0.4 is 5.32 Å². The highest BCUT2D eigenvalue weighted by molar-refractivity contribution is 5.56. The first-order valence-electron chi connectivity index (χ1n) is 5.60. The van der Waals surface area contributed by atoms with E-state index in [9.17, 15) is 10.1 Å². The lowest BCUT2D eigenvalue weighted by molar-refractivity contribution is -0.388. The lowest BCUT2D eigenvalue weighted by Gasteiger charge is -2.25. The molecule has 5 heteroatoms. The van der Waals surface area contributed by atoms with E-state index in [-0.39, 0.29) is 5.82 Å². The minimum absolute atomic E-state index is 0.0869. The standard InChI is InChI=1S/C11H15N3O2/c15-14(16)11-10(5-2-7-13-11)12-8-6-9-3-1-4-9/h2,5,7,9,12H,1,3-4,6,8H2. The zero-order valence-corrected chi connectivity index (χ0v) is 9.06. The zero-order chi connectivity index (χ0) is 11.4. The predicted octanol–water partition coefficient (Wildman–Crippen LogP) is 2.59. The highest BCUT2D eigenvalue weighted by Gasteiger charge is 2.18. The summed E-state index contributed by atoms with van der Waals surface area (Å²) in [5.41, 5.74) is 0.520. The summed E-state index contributed by atoms with van der Waals surface area (Å²) in [6.07, 6.45) is 6.46. The molecular weight excluding hydrogens is 206 g/mol. The van der Waals surface area contributed by atoms with Crippen LogP contribution in [0, 0.1) is 16.0 Å². The van der Waals surface area contributed by atoms with Crippen LogP contribution in [0.2, 0.25) is 0 Å². The van der Waals surface area contributed by atoms with Crippen molar-refractivity contribution in [1.82, 2.24) is 4.98 Å². The molecule has 0 aromatic carbocycles. The molecule has 1 aliphatic rings. The minimum Gasteiger partial charge on any atom is -0.378 e. The van der Waals surface area contributed by atoms with Crippen molar-refractivity contribution in [1.29, 1.82) is 0 Å². The van der Waals surface area contributed by atoms with Crippen LogP contribution in [-0.4, -0.2) is 16.5 Å². The molecular formula is C11H15N3O2. The second-order valence-electron chi connectivity index (χ2n) is 4.14. The van der Waals surface area contributed by atoms with Crippen LogP contribution in [0.1, 0.15) is 25.7 Å².